The molecule has 1 aliphatic rings. The number of nitro groups is 1. The van der Waals surface area contributed by atoms with Crippen molar-refractivity contribution < 1.29 is 32.5 Å². The summed E-state index contributed by atoms with van der Waals surface area (Å²) in [5.74, 6) is -0.933. The third kappa shape index (κ3) is 15.8. The number of nitrogens with zero attached hydrogens (tertiary/aromatic N) is 4. The van der Waals surface area contributed by atoms with Crippen molar-refractivity contribution in [3.05, 3.63) is 142 Å². The van der Waals surface area contributed by atoms with Crippen molar-refractivity contribution in [2.75, 3.05) is 75.2 Å². The Hall–Kier alpha value is -5.98. The van der Waals surface area contributed by atoms with Crippen molar-refractivity contribution in [1.29, 1.82) is 0 Å². The van der Waals surface area contributed by atoms with E-state index in [1.165, 1.54) is 36.9 Å². The fraction of sp³-hybridized carbons (Fsp3) is 0.353. The molecule has 1 heterocycles. The van der Waals surface area contributed by atoms with Gasteiger partial charge in [-0.05, 0) is 111 Å². The molecule has 5 aromatic rings. The van der Waals surface area contributed by atoms with Gasteiger partial charge in [0, 0.05) is 78.9 Å². The molecule has 1 fully saturated rings. The number of hydrogen-bond donors (Lipinski definition) is 3. The van der Waals surface area contributed by atoms with Crippen molar-refractivity contribution in [3.8, 4) is 11.1 Å². The second-order valence-electron chi connectivity index (χ2n) is 17.1. The van der Waals surface area contributed by atoms with Gasteiger partial charge in [0.15, 0.2) is 0 Å². The zero-order valence-electron chi connectivity index (χ0n) is 39.2. The lowest BCUT2D eigenvalue weighted by molar-refractivity contribution is -0.384. The summed E-state index contributed by atoms with van der Waals surface area (Å²) in [7, 11) is 0.631. The molecule has 0 spiro atoms. The number of methoxy groups -OCH3 is 1. The summed E-state index contributed by atoms with van der Waals surface area (Å²) < 4.78 is 34.3. The van der Waals surface area contributed by atoms with Gasteiger partial charge in [0.1, 0.15) is 5.69 Å². The average Bonchev–Trinajstić information content (AvgIpc) is 3.34. The van der Waals surface area contributed by atoms with Crippen LogP contribution < -0.4 is 20.3 Å². The summed E-state index contributed by atoms with van der Waals surface area (Å²) in [6.45, 7) is 4.06. The van der Waals surface area contributed by atoms with Gasteiger partial charge in [-0.15, -0.1) is 11.8 Å². The molecule has 1 unspecified atom stereocenters. The Morgan fingerprint density at radius 3 is 2.23 bits per heavy atom. The van der Waals surface area contributed by atoms with Crippen molar-refractivity contribution >= 4 is 73.9 Å². The van der Waals surface area contributed by atoms with Crippen molar-refractivity contribution in [2.24, 2.45) is 0 Å². The fourth-order valence-electron chi connectivity index (χ4n) is 7.97. The highest BCUT2D eigenvalue weighted by Gasteiger charge is 2.27. The van der Waals surface area contributed by atoms with Gasteiger partial charge in [-0.25, -0.2) is 13.1 Å². The van der Waals surface area contributed by atoms with Gasteiger partial charge in [-0.1, -0.05) is 79.0 Å². The second-order valence-corrected chi connectivity index (χ2v) is 20.3. The van der Waals surface area contributed by atoms with E-state index in [9.17, 15) is 32.9 Å². The number of sulfonamides is 1. The number of hydrogen-bond acceptors (Lipinski definition) is 13. The van der Waals surface area contributed by atoms with Gasteiger partial charge in [0.05, 0.1) is 28.3 Å². The number of carbonyl (C=O) groups excluding carboxylic acids is 3. The highest BCUT2D eigenvalue weighted by atomic mass is 35.5. The molecule has 0 radical (unpaired) electrons. The minimum Gasteiger partial charge on any atom is -0.469 e. The van der Waals surface area contributed by atoms with Gasteiger partial charge in [-0.2, -0.15) is 0 Å². The molecular weight excluding hydrogens is 938 g/mol. The number of piperazine rings is 1. The number of unbranched alkanes of at least 4 members (excludes halogenated alkanes) is 3. The summed E-state index contributed by atoms with van der Waals surface area (Å²) in [6, 6.07) is 33.9. The highest BCUT2D eigenvalue weighted by molar-refractivity contribution is 7.99. The third-order valence-electron chi connectivity index (χ3n) is 11.8. The molecule has 5 aromatic carbocycles. The van der Waals surface area contributed by atoms with Crippen LogP contribution in [0.3, 0.4) is 0 Å². The van der Waals surface area contributed by atoms with E-state index in [4.69, 9.17) is 16.3 Å². The van der Waals surface area contributed by atoms with Crippen molar-refractivity contribution in [2.45, 2.75) is 67.3 Å². The normalized spacial score (nSPS) is 13.4. The number of amides is 2. The summed E-state index contributed by atoms with van der Waals surface area (Å²) in [5, 5.41) is 19.3. The molecule has 0 saturated carbocycles. The number of nitro benzene ring substituents is 1. The Morgan fingerprint density at radius 1 is 0.841 bits per heavy atom. The lowest BCUT2D eigenvalue weighted by atomic mass is 9.99. The summed E-state index contributed by atoms with van der Waals surface area (Å²) in [5.41, 5.74) is 4.07. The molecule has 6 rings (SSSR count). The van der Waals surface area contributed by atoms with E-state index in [1.807, 2.05) is 85.7 Å². The fourth-order valence-corrected chi connectivity index (χ4v) is 10.1. The predicted octanol–water partition coefficient (Wildman–Crippen LogP) is 9.33. The van der Waals surface area contributed by atoms with Crippen LogP contribution in [0.4, 0.5) is 22.7 Å². The number of benzene rings is 5. The largest absolute Gasteiger partial charge is 0.469 e. The zero-order valence-corrected chi connectivity index (χ0v) is 41.6. The number of rotatable bonds is 24. The Bertz CT molecular complexity index is 2650. The number of thioether (sulfide) groups is 1. The highest BCUT2D eigenvalue weighted by Crippen LogP contribution is 2.33. The first-order valence-corrected chi connectivity index (χ1v) is 25.8. The monoisotopic (exact) mass is 997 g/mol. The summed E-state index contributed by atoms with van der Waals surface area (Å²) in [4.78, 5) is 57.6. The molecule has 18 heteroatoms. The number of anilines is 3. The Morgan fingerprint density at radius 2 is 1.54 bits per heavy atom. The molecule has 0 aromatic heterocycles. The van der Waals surface area contributed by atoms with E-state index in [-0.39, 0.29) is 35.6 Å². The number of nitrogens with one attached hydrogen (secondary N) is 3. The SMILES string of the molecule is COC(=O)CCCCCCC(=O)Nc1cc(C(=O)NS(=O)(=O)c2ccc(NC(CCN(C)C)CSc3ccccc3)c([N+](=O)[O-])c2)ccc1N1CCN(Cc2ccccc2-c2ccc(Cl)cc2)CC1. The number of ether oxygens (including phenoxy) is 1. The smallest absolute Gasteiger partial charge is 0.305 e. The maximum absolute atomic E-state index is 13.8. The minimum absolute atomic E-state index is 0.0367. The molecule has 1 atom stereocenters. The average molecular weight is 999 g/mol. The van der Waals surface area contributed by atoms with Crippen LogP contribution in [-0.2, 0) is 30.9 Å². The number of carbonyl (C=O) groups is 3. The molecule has 1 saturated heterocycles. The van der Waals surface area contributed by atoms with Crippen LogP contribution in [0.2, 0.25) is 5.02 Å². The van der Waals surface area contributed by atoms with E-state index in [1.54, 1.807) is 17.8 Å². The first-order valence-electron chi connectivity index (χ1n) is 23.0. The van der Waals surface area contributed by atoms with Crippen LogP contribution >= 0.6 is 23.4 Å². The van der Waals surface area contributed by atoms with Gasteiger partial charge in [0.2, 0.25) is 5.91 Å². The topological polar surface area (TPSA) is 184 Å². The molecule has 366 valence electrons. The van der Waals surface area contributed by atoms with Crippen LogP contribution in [0.15, 0.2) is 125 Å². The van der Waals surface area contributed by atoms with Gasteiger partial charge in [0.25, 0.3) is 21.6 Å². The first kappa shape index (κ1) is 52.4. The van der Waals surface area contributed by atoms with Crippen molar-refractivity contribution in [3.63, 3.8) is 0 Å². The van der Waals surface area contributed by atoms with Crippen LogP contribution in [0.1, 0.15) is 60.9 Å². The molecule has 3 N–H and O–H groups in total. The lowest BCUT2D eigenvalue weighted by Gasteiger charge is -2.37. The first-order chi connectivity index (χ1) is 33.2. The minimum atomic E-state index is -4.61. The van der Waals surface area contributed by atoms with Gasteiger partial charge >= 0.3 is 5.97 Å². The summed E-state index contributed by atoms with van der Waals surface area (Å²) in [6.07, 6.45) is 3.86. The van der Waals surface area contributed by atoms with Crippen LogP contribution in [0.25, 0.3) is 11.1 Å². The Kier molecular flexibility index (Phi) is 19.4. The number of esters is 1. The zero-order chi connectivity index (χ0) is 49.3. The molecular formula is C51H60ClN7O8S2. The maximum atomic E-state index is 13.8. The molecule has 0 bridgehead atoms. The van der Waals surface area contributed by atoms with Gasteiger partial charge in [-0.3, -0.25) is 29.4 Å². The molecule has 0 aliphatic carbocycles. The second kappa shape index (κ2) is 25.6. The standard InChI is InChI=1S/C51H60ClN7O8S2/c1-56(2)28-27-41(36-68-42-14-7-6-8-15-42)53-45-25-24-43(34-48(45)59(63)64)69(65,66)55-51(62)38-21-26-47(46(33-38)54-49(60)17-9-4-5-10-18-50(61)67-3)58-31-29-57(30-32-58)35-39-13-11-12-16-44(39)37-19-22-40(52)23-20-37/h6-8,11-16,19-26,33-34,41,53H,4-5,9-10,17-18,27-32,35-36H2,1-3H3,(H,54,60)(H,55,62). The molecule has 15 nitrogen and oxygen atoms in total. The van der Waals surface area contributed by atoms with Crippen molar-refractivity contribution in [1.82, 2.24) is 14.5 Å². The maximum Gasteiger partial charge on any atom is 0.305 e. The van der Waals surface area contributed by atoms with E-state index in [0.29, 0.717) is 80.6 Å². The Balaban J connectivity index is 1.16. The lowest BCUT2D eigenvalue weighted by Crippen LogP contribution is -2.46. The Labute approximate surface area is 414 Å². The predicted molar refractivity (Wildman–Crippen MR) is 275 cm³/mol. The van der Waals surface area contributed by atoms with Crippen LogP contribution in [-0.4, -0.2) is 107 Å². The van der Waals surface area contributed by atoms with Crippen LogP contribution in [0, 0.1) is 10.1 Å². The number of halogens is 1. The quantitative estimate of drug-likeness (QED) is 0.0175. The summed E-state index contributed by atoms with van der Waals surface area (Å²) >= 11 is 7.78. The molecule has 69 heavy (non-hydrogen) atoms. The van der Waals surface area contributed by atoms with E-state index in [2.05, 4.69) is 37.3 Å². The van der Waals surface area contributed by atoms with E-state index in [0.717, 1.165) is 41.5 Å². The van der Waals surface area contributed by atoms with E-state index < -0.39 is 31.4 Å². The third-order valence-corrected chi connectivity index (χ3v) is 14.5. The van der Waals surface area contributed by atoms with E-state index >= 15 is 0 Å². The van der Waals surface area contributed by atoms with Gasteiger partial charge < -0.3 is 25.2 Å². The molecule has 1 aliphatic heterocycles. The van der Waals surface area contributed by atoms with Crippen LogP contribution in [0.5, 0.6) is 0 Å². The molecule has 2 amide bonds.